The molecule has 1 nitrogen and oxygen atoms in total. The predicted molar refractivity (Wildman–Crippen MR) is 134 cm³/mol. The molecule has 0 heterocycles. The van der Waals surface area contributed by atoms with E-state index < -0.39 is 0 Å². The average Bonchev–Trinajstić information content (AvgIpc) is 2.88. The van der Waals surface area contributed by atoms with Gasteiger partial charge in [-0.1, -0.05) is 124 Å². The molecule has 1 heteroatoms. The van der Waals surface area contributed by atoms with E-state index in [0.717, 1.165) is 5.56 Å². The molecule has 3 unspecified atom stereocenters. The van der Waals surface area contributed by atoms with Gasteiger partial charge >= 0.3 is 0 Å². The van der Waals surface area contributed by atoms with E-state index in [1.165, 1.54) is 33.4 Å². The van der Waals surface area contributed by atoms with Crippen molar-refractivity contribution in [2.75, 3.05) is 0 Å². The Morgan fingerprint density at radius 1 is 0.500 bits per heavy atom. The molecule has 4 aromatic rings. The quantitative estimate of drug-likeness (QED) is 0.326. The first-order valence-electron chi connectivity index (χ1n) is 11.5. The summed E-state index contributed by atoms with van der Waals surface area (Å²) < 4.78 is 0. The van der Waals surface area contributed by atoms with Gasteiger partial charge in [-0.15, -0.1) is 0 Å². The zero-order chi connectivity index (χ0) is 22.5. The molecule has 0 bridgehead atoms. The molecule has 162 valence electrons. The maximum Gasteiger partial charge on any atom is 0.0687 e. The third kappa shape index (κ3) is 4.54. The van der Waals surface area contributed by atoms with Crippen LogP contribution in [0.15, 0.2) is 103 Å². The molecule has 0 spiro atoms. The van der Waals surface area contributed by atoms with E-state index in [0.29, 0.717) is 0 Å². The molecular weight excluding hydrogens is 388 g/mol. The summed E-state index contributed by atoms with van der Waals surface area (Å²) in [5, 5.41) is 10.5. The van der Waals surface area contributed by atoms with Crippen LogP contribution in [0.5, 0.6) is 0 Å². The average molecular weight is 421 g/mol. The van der Waals surface area contributed by atoms with Gasteiger partial charge in [0.15, 0.2) is 0 Å². The summed E-state index contributed by atoms with van der Waals surface area (Å²) >= 11 is 0. The summed E-state index contributed by atoms with van der Waals surface area (Å²) in [6, 6.07) is 36.5. The van der Waals surface area contributed by atoms with Crippen LogP contribution < -0.4 is 0 Å². The lowest BCUT2D eigenvalue weighted by molar-refractivity contribution is 0.278. The zero-order valence-corrected chi connectivity index (χ0v) is 19.2. The van der Waals surface area contributed by atoms with Crippen LogP contribution >= 0.6 is 0 Å². The topological polar surface area (TPSA) is 20.2 Å². The number of aliphatic hydroxyl groups is 1. The Morgan fingerprint density at radius 3 is 1.19 bits per heavy atom. The number of hydrogen-bond donors (Lipinski definition) is 1. The van der Waals surface area contributed by atoms with Crippen LogP contribution in [-0.4, -0.2) is 5.11 Å². The van der Waals surface area contributed by atoms with Crippen LogP contribution in [0.3, 0.4) is 0 Å². The molecule has 0 aromatic heterocycles. The molecule has 3 atom stereocenters. The van der Waals surface area contributed by atoms with Crippen molar-refractivity contribution in [1.82, 2.24) is 0 Å². The van der Waals surface area contributed by atoms with Crippen molar-refractivity contribution in [3.8, 4) is 0 Å². The van der Waals surface area contributed by atoms with E-state index in [-0.39, 0.29) is 24.4 Å². The smallest absolute Gasteiger partial charge is 0.0687 e. The van der Waals surface area contributed by atoms with Crippen LogP contribution in [0.1, 0.15) is 77.5 Å². The zero-order valence-electron chi connectivity index (χ0n) is 19.2. The van der Waals surface area contributed by atoms with Gasteiger partial charge in [-0.05, 0) is 38.9 Å². The van der Waals surface area contributed by atoms with Crippen LogP contribution in [0.2, 0.25) is 0 Å². The van der Waals surface area contributed by atoms with Gasteiger partial charge in [-0.2, -0.15) is 0 Å². The fraction of sp³-hybridized carbons (Fsp3) is 0.226. The van der Waals surface area contributed by atoms with E-state index in [9.17, 15) is 5.11 Å². The van der Waals surface area contributed by atoms with Crippen molar-refractivity contribution < 1.29 is 5.11 Å². The summed E-state index contributed by atoms with van der Waals surface area (Å²) in [4.78, 5) is 0. The highest BCUT2D eigenvalue weighted by Crippen LogP contribution is 2.38. The highest BCUT2D eigenvalue weighted by Gasteiger charge is 2.22. The molecule has 0 saturated heterocycles. The molecule has 4 aromatic carbocycles. The van der Waals surface area contributed by atoms with Gasteiger partial charge < -0.3 is 5.11 Å². The monoisotopic (exact) mass is 420 g/mol. The number of benzene rings is 4. The van der Waals surface area contributed by atoms with Crippen LogP contribution in [-0.2, 0) is 6.61 Å². The summed E-state index contributed by atoms with van der Waals surface area (Å²) in [7, 11) is 0. The predicted octanol–water partition coefficient (Wildman–Crippen LogP) is 7.63. The minimum absolute atomic E-state index is 0.0407. The Bertz CT molecular complexity index is 1070. The molecule has 0 aliphatic heterocycles. The van der Waals surface area contributed by atoms with E-state index in [4.69, 9.17) is 0 Å². The molecule has 0 aliphatic carbocycles. The largest absolute Gasteiger partial charge is 0.392 e. The first-order chi connectivity index (χ1) is 15.6. The Hall–Kier alpha value is -3.16. The van der Waals surface area contributed by atoms with Crippen molar-refractivity contribution in [1.29, 1.82) is 0 Å². The van der Waals surface area contributed by atoms with E-state index in [1.807, 2.05) is 0 Å². The normalized spacial score (nSPS) is 14.0. The van der Waals surface area contributed by atoms with Crippen molar-refractivity contribution in [3.05, 3.63) is 142 Å². The summed E-state index contributed by atoms with van der Waals surface area (Å²) in [5.74, 6) is 0.665. The third-order valence-electron chi connectivity index (χ3n) is 6.83. The van der Waals surface area contributed by atoms with Gasteiger partial charge in [0.2, 0.25) is 0 Å². The maximum absolute atomic E-state index is 10.5. The van der Waals surface area contributed by atoms with Gasteiger partial charge in [-0.25, -0.2) is 0 Å². The fourth-order valence-electron chi connectivity index (χ4n) is 4.72. The second-order valence-electron chi connectivity index (χ2n) is 8.73. The lowest BCUT2D eigenvalue weighted by Crippen LogP contribution is -2.11. The molecule has 32 heavy (non-hydrogen) atoms. The standard InChI is InChI=1S/C31H32O/c1-22(25-13-7-4-8-14-25)28-19-29(23(2)26-15-9-5-10-16-26)31(21-32)30(20-28)24(3)27-17-11-6-12-18-27/h4-20,22-24,32H,21H2,1-3H3. The number of hydrogen-bond acceptors (Lipinski definition) is 1. The molecule has 4 rings (SSSR count). The lowest BCUT2D eigenvalue weighted by atomic mass is 9.79. The Morgan fingerprint density at radius 2 is 0.844 bits per heavy atom. The summed E-state index contributed by atoms with van der Waals surface area (Å²) in [5.41, 5.74) is 8.63. The highest BCUT2D eigenvalue weighted by molar-refractivity contribution is 5.50. The number of rotatable bonds is 7. The second kappa shape index (κ2) is 9.97. The van der Waals surface area contributed by atoms with E-state index in [2.05, 4.69) is 124 Å². The molecule has 0 radical (unpaired) electrons. The van der Waals surface area contributed by atoms with Gasteiger partial charge in [0.05, 0.1) is 6.61 Å². The molecular formula is C31H32O. The molecule has 1 N–H and O–H groups in total. The van der Waals surface area contributed by atoms with Crippen molar-refractivity contribution in [2.45, 2.75) is 45.1 Å². The van der Waals surface area contributed by atoms with Crippen LogP contribution in [0.25, 0.3) is 0 Å². The van der Waals surface area contributed by atoms with E-state index in [1.54, 1.807) is 0 Å². The maximum atomic E-state index is 10.5. The van der Waals surface area contributed by atoms with Gasteiger partial charge in [0.1, 0.15) is 0 Å². The molecule has 0 amide bonds. The second-order valence-corrected chi connectivity index (χ2v) is 8.73. The van der Waals surface area contributed by atoms with Crippen molar-refractivity contribution in [3.63, 3.8) is 0 Å². The molecule has 0 fully saturated rings. The summed E-state index contributed by atoms with van der Waals surface area (Å²) in [6.07, 6.45) is 0. The van der Waals surface area contributed by atoms with E-state index >= 15 is 0 Å². The minimum Gasteiger partial charge on any atom is -0.392 e. The first-order valence-corrected chi connectivity index (χ1v) is 11.5. The van der Waals surface area contributed by atoms with Crippen LogP contribution in [0.4, 0.5) is 0 Å². The molecule has 0 saturated carbocycles. The van der Waals surface area contributed by atoms with Gasteiger partial charge in [0.25, 0.3) is 0 Å². The lowest BCUT2D eigenvalue weighted by Gasteiger charge is -2.26. The Kier molecular flexibility index (Phi) is 6.87. The Labute approximate surface area is 192 Å². The van der Waals surface area contributed by atoms with Crippen molar-refractivity contribution in [2.24, 2.45) is 0 Å². The Balaban J connectivity index is 1.89. The highest BCUT2D eigenvalue weighted by atomic mass is 16.3. The number of aliphatic hydroxyl groups excluding tert-OH is 1. The van der Waals surface area contributed by atoms with Gasteiger partial charge in [-0.3, -0.25) is 0 Å². The van der Waals surface area contributed by atoms with Gasteiger partial charge in [0, 0.05) is 17.8 Å². The van der Waals surface area contributed by atoms with Crippen LogP contribution in [0, 0.1) is 0 Å². The SMILES string of the molecule is CC(c1ccccc1)c1cc(C(C)c2ccccc2)c(CO)c(C(C)c2ccccc2)c1. The first kappa shape index (κ1) is 22.0. The fourth-order valence-corrected chi connectivity index (χ4v) is 4.72. The minimum atomic E-state index is 0.0407. The third-order valence-corrected chi connectivity index (χ3v) is 6.83. The van der Waals surface area contributed by atoms with Crippen molar-refractivity contribution >= 4 is 0 Å². The molecule has 0 aliphatic rings. The summed E-state index contributed by atoms with van der Waals surface area (Å²) in [6.45, 7) is 6.81.